The van der Waals surface area contributed by atoms with Gasteiger partial charge in [-0.25, -0.2) is 0 Å². The minimum atomic E-state index is -0.473. The lowest BCUT2D eigenvalue weighted by atomic mass is 10.3. The number of rotatable bonds is 3. The van der Waals surface area contributed by atoms with E-state index in [-0.39, 0.29) is 12.0 Å². The van der Waals surface area contributed by atoms with E-state index < -0.39 is 6.10 Å². The average molecular weight is 276 g/mol. The van der Waals surface area contributed by atoms with Gasteiger partial charge >= 0.3 is 5.27 Å². The first-order valence-electron chi connectivity index (χ1n) is 3.46. The summed E-state index contributed by atoms with van der Waals surface area (Å²) in [5.41, 5.74) is 0. The van der Waals surface area contributed by atoms with Crippen LogP contribution in [0.15, 0.2) is 24.8 Å². The molecule has 1 N–H and O–H groups in total. The molecule has 1 amide bonds. The summed E-state index contributed by atoms with van der Waals surface area (Å²) in [6, 6.07) is 0. The molecule has 0 aromatic rings. The molecule has 2 atom stereocenters. The zero-order valence-electron chi connectivity index (χ0n) is 6.37. The second kappa shape index (κ2) is 4.66. The number of nitrogens with one attached hydrogen (secondary N) is 1. The van der Waals surface area contributed by atoms with Crippen LogP contribution < -0.4 is 5.23 Å². The molecule has 63 valence electrons. The number of carbonyl (C=O) groups excluding carboxylic acids is 1. The average Bonchev–Trinajstić information content (AvgIpc) is 2.52. The SMILES string of the molecule is C=CC1C=CC(C(=O)N[B]I)O1. The van der Waals surface area contributed by atoms with Gasteiger partial charge in [-0.1, -0.05) is 12.2 Å². The van der Waals surface area contributed by atoms with E-state index in [0.717, 1.165) is 0 Å². The standard InChI is InChI=1S/C7H8BINO2/c1-2-5-3-4-6(12-5)7(11)10-8-9/h2-6H,1H2,(H,10,11). The van der Waals surface area contributed by atoms with Crippen molar-refractivity contribution in [2.75, 3.05) is 0 Å². The van der Waals surface area contributed by atoms with Crippen molar-refractivity contribution < 1.29 is 9.53 Å². The molecular formula is C7H8BINO2. The molecule has 0 aliphatic carbocycles. The number of hydrogen-bond acceptors (Lipinski definition) is 2. The Morgan fingerprint density at radius 3 is 3.00 bits per heavy atom. The molecule has 1 rings (SSSR count). The van der Waals surface area contributed by atoms with Gasteiger partial charge in [0.15, 0.2) is 6.10 Å². The zero-order chi connectivity index (χ0) is 8.97. The zero-order valence-corrected chi connectivity index (χ0v) is 8.52. The van der Waals surface area contributed by atoms with Crippen molar-refractivity contribution in [1.82, 2.24) is 5.23 Å². The van der Waals surface area contributed by atoms with E-state index in [1.807, 2.05) is 28.5 Å². The number of halogens is 1. The predicted molar refractivity (Wildman–Crippen MR) is 55.9 cm³/mol. The lowest BCUT2D eigenvalue weighted by molar-refractivity contribution is -0.127. The van der Waals surface area contributed by atoms with Crippen LogP contribution >= 0.6 is 22.4 Å². The fourth-order valence-electron chi connectivity index (χ4n) is 0.890. The Morgan fingerprint density at radius 2 is 2.50 bits per heavy atom. The van der Waals surface area contributed by atoms with Gasteiger partial charge in [0.2, 0.25) is 5.91 Å². The van der Waals surface area contributed by atoms with Crippen LogP contribution in [0.2, 0.25) is 0 Å². The third-order valence-corrected chi connectivity index (χ3v) is 1.78. The van der Waals surface area contributed by atoms with E-state index in [4.69, 9.17) is 4.74 Å². The molecule has 1 aliphatic rings. The van der Waals surface area contributed by atoms with Crippen LogP contribution in [0, 0.1) is 0 Å². The first kappa shape index (κ1) is 9.79. The Bertz CT molecular complexity index is 219. The fourth-order valence-corrected chi connectivity index (χ4v) is 1.20. The van der Waals surface area contributed by atoms with E-state index in [9.17, 15) is 4.79 Å². The second-order valence-electron chi connectivity index (χ2n) is 2.26. The highest BCUT2D eigenvalue weighted by molar-refractivity contribution is 14.1. The van der Waals surface area contributed by atoms with Crippen molar-refractivity contribution in [3.8, 4) is 0 Å². The Morgan fingerprint density at radius 1 is 1.75 bits per heavy atom. The van der Waals surface area contributed by atoms with Crippen LogP contribution in [-0.2, 0) is 9.53 Å². The van der Waals surface area contributed by atoms with Crippen LogP contribution in [-0.4, -0.2) is 23.4 Å². The summed E-state index contributed by atoms with van der Waals surface area (Å²) >= 11 is 1.95. The maximum Gasteiger partial charge on any atom is 0.330 e. The summed E-state index contributed by atoms with van der Waals surface area (Å²) in [5, 5.41) is 4.10. The van der Waals surface area contributed by atoms with E-state index >= 15 is 0 Å². The van der Waals surface area contributed by atoms with Gasteiger partial charge < -0.3 is 9.96 Å². The third-order valence-electron chi connectivity index (χ3n) is 1.47. The van der Waals surface area contributed by atoms with Crippen molar-refractivity contribution in [1.29, 1.82) is 0 Å². The molecule has 0 bridgehead atoms. The molecule has 12 heavy (non-hydrogen) atoms. The van der Waals surface area contributed by atoms with Gasteiger partial charge in [0.25, 0.3) is 0 Å². The monoisotopic (exact) mass is 276 g/mol. The molecule has 0 fully saturated rings. The lowest BCUT2D eigenvalue weighted by Crippen LogP contribution is -2.35. The Kier molecular flexibility index (Phi) is 3.80. The molecule has 0 saturated heterocycles. The highest BCUT2D eigenvalue weighted by Crippen LogP contribution is 2.11. The Labute approximate surface area is 85.4 Å². The van der Waals surface area contributed by atoms with Crippen molar-refractivity contribution in [2.45, 2.75) is 12.2 Å². The molecule has 1 radical (unpaired) electrons. The van der Waals surface area contributed by atoms with Crippen molar-refractivity contribution in [2.24, 2.45) is 0 Å². The molecule has 0 aromatic carbocycles. The van der Waals surface area contributed by atoms with Gasteiger partial charge in [-0.3, -0.25) is 4.79 Å². The molecule has 1 aliphatic heterocycles. The molecule has 3 nitrogen and oxygen atoms in total. The Balaban J connectivity index is 2.42. The van der Waals surface area contributed by atoms with E-state index in [0.29, 0.717) is 0 Å². The summed E-state index contributed by atoms with van der Waals surface area (Å²) in [6.45, 7) is 3.57. The van der Waals surface area contributed by atoms with Gasteiger partial charge in [-0.05, 0) is 6.08 Å². The van der Waals surface area contributed by atoms with Gasteiger partial charge in [0.1, 0.15) is 0 Å². The van der Waals surface area contributed by atoms with E-state index in [1.165, 1.54) is 0 Å². The molecule has 0 saturated carbocycles. The molecule has 1 heterocycles. The fraction of sp³-hybridized carbons (Fsp3) is 0.286. The van der Waals surface area contributed by atoms with Crippen LogP contribution in [0.3, 0.4) is 0 Å². The highest BCUT2D eigenvalue weighted by atomic mass is 127. The summed E-state index contributed by atoms with van der Waals surface area (Å²) in [5.74, 6) is -0.148. The van der Waals surface area contributed by atoms with Crippen molar-refractivity contribution in [3.05, 3.63) is 24.8 Å². The minimum absolute atomic E-state index is 0.130. The summed E-state index contributed by atoms with van der Waals surface area (Å²) in [4.78, 5) is 11.1. The number of carbonyl (C=O) groups is 1. The predicted octanol–water partition coefficient (Wildman–Crippen LogP) is 0.581. The number of ether oxygens (including phenoxy) is 1. The summed E-state index contributed by atoms with van der Waals surface area (Å²) < 4.78 is 5.26. The summed E-state index contributed by atoms with van der Waals surface area (Å²) in [6.07, 6.45) is 4.58. The number of hydrogen-bond donors (Lipinski definition) is 1. The smallest absolute Gasteiger partial charge is 0.330 e. The van der Waals surface area contributed by atoms with Crippen molar-refractivity contribution >= 4 is 33.6 Å². The first-order valence-corrected chi connectivity index (χ1v) is 4.71. The maximum absolute atomic E-state index is 11.1. The molecule has 5 heteroatoms. The maximum atomic E-state index is 11.1. The van der Waals surface area contributed by atoms with Gasteiger partial charge in [-0.2, -0.15) is 0 Å². The van der Waals surface area contributed by atoms with E-state index in [2.05, 4.69) is 11.8 Å². The lowest BCUT2D eigenvalue weighted by Gasteiger charge is -2.09. The van der Waals surface area contributed by atoms with Crippen LogP contribution in [0.5, 0.6) is 0 Å². The normalized spacial score (nSPS) is 26.8. The van der Waals surface area contributed by atoms with Crippen LogP contribution in [0.1, 0.15) is 0 Å². The topological polar surface area (TPSA) is 38.3 Å². The Hall–Kier alpha value is -0.295. The largest absolute Gasteiger partial charge is 0.391 e. The van der Waals surface area contributed by atoms with Gasteiger partial charge in [0.05, 0.1) is 6.10 Å². The molecule has 2 unspecified atom stereocenters. The third kappa shape index (κ3) is 2.35. The van der Waals surface area contributed by atoms with Crippen molar-refractivity contribution in [3.63, 3.8) is 0 Å². The molecule has 0 aromatic heterocycles. The van der Waals surface area contributed by atoms with Crippen LogP contribution in [0.25, 0.3) is 0 Å². The van der Waals surface area contributed by atoms with Gasteiger partial charge in [-0.15, -0.1) is 29.0 Å². The molecular weight excluding hydrogens is 268 g/mol. The van der Waals surface area contributed by atoms with Gasteiger partial charge in [0, 0.05) is 0 Å². The highest BCUT2D eigenvalue weighted by Gasteiger charge is 2.22. The van der Waals surface area contributed by atoms with Crippen LogP contribution in [0.4, 0.5) is 0 Å². The van der Waals surface area contributed by atoms with E-state index in [1.54, 1.807) is 17.4 Å². The first-order chi connectivity index (χ1) is 5.77. The quantitative estimate of drug-likeness (QED) is 0.465. The number of amides is 1. The summed E-state index contributed by atoms with van der Waals surface area (Å²) in [7, 11) is 0. The minimum Gasteiger partial charge on any atom is -0.391 e. The second-order valence-corrected chi connectivity index (χ2v) is 2.88. The molecule has 0 spiro atoms.